The molecule has 140 valence electrons. The zero-order chi connectivity index (χ0) is 19.5. The summed E-state index contributed by atoms with van der Waals surface area (Å²) in [5.74, 6) is 0.449. The number of anilines is 3. The van der Waals surface area contributed by atoms with Crippen molar-refractivity contribution in [3.05, 3.63) is 72.2 Å². The van der Waals surface area contributed by atoms with E-state index in [2.05, 4.69) is 20.6 Å². The number of carbonyl (C=O) groups excluding carboxylic acids is 1. The second kappa shape index (κ2) is 7.61. The van der Waals surface area contributed by atoms with Crippen LogP contribution in [0.15, 0.2) is 60.8 Å². The third-order valence-electron chi connectivity index (χ3n) is 3.98. The average molecular weight is 394 g/mol. The summed E-state index contributed by atoms with van der Waals surface area (Å²) < 4.78 is 19.2. The fourth-order valence-electron chi connectivity index (χ4n) is 2.62. The molecule has 0 aliphatic rings. The number of amides is 1. The van der Waals surface area contributed by atoms with Crippen LogP contribution in [0.3, 0.4) is 0 Å². The highest BCUT2D eigenvalue weighted by Crippen LogP contribution is 2.28. The number of methoxy groups -OCH3 is 1. The molecule has 28 heavy (non-hydrogen) atoms. The third kappa shape index (κ3) is 3.77. The van der Waals surface area contributed by atoms with Crippen LogP contribution in [-0.4, -0.2) is 23.0 Å². The molecule has 4 aromatic rings. The molecule has 0 saturated carbocycles. The minimum Gasteiger partial charge on any atom is -0.497 e. The number of benzene rings is 2. The molecule has 2 heterocycles. The predicted molar refractivity (Wildman–Crippen MR) is 108 cm³/mol. The Labute approximate surface area is 164 Å². The van der Waals surface area contributed by atoms with Crippen molar-refractivity contribution in [3.63, 3.8) is 0 Å². The number of carbonyl (C=O) groups is 1. The van der Waals surface area contributed by atoms with Gasteiger partial charge in [-0.15, -0.1) is 0 Å². The molecule has 0 radical (unpaired) electrons. The van der Waals surface area contributed by atoms with Crippen molar-refractivity contribution in [1.29, 1.82) is 0 Å². The minimum absolute atomic E-state index is 0.340. The predicted octanol–water partition coefficient (Wildman–Crippen LogP) is 4.83. The Morgan fingerprint density at radius 1 is 1.14 bits per heavy atom. The molecule has 2 aromatic heterocycles. The Morgan fingerprint density at radius 2 is 1.96 bits per heavy atom. The monoisotopic (exact) mass is 394 g/mol. The standard InChI is InChI=1S/C20H15FN4O2S/c1-27-14-7-5-13(6-8-14)23-18-15(3-2-10-22-18)19(26)25-20-24-16-9-4-12(21)11-17(16)28-20/h2-11H,1H3,(H,22,23)(H,24,25,26). The van der Waals surface area contributed by atoms with Gasteiger partial charge in [0.1, 0.15) is 17.4 Å². The maximum atomic E-state index is 13.3. The number of nitrogens with one attached hydrogen (secondary N) is 2. The maximum Gasteiger partial charge on any atom is 0.261 e. The summed E-state index contributed by atoms with van der Waals surface area (Å²) >= 11 is 1.21. The lowest BCUT2D eigenvalue weighted by atomic mass is 10.2. The number of pyridine rings is 1. The number of hydrogen-bond donors (Lipinski definition) is 2. The van der Waals surface area contributed by atoms with Gasteiger partial charge in [0, 0.05) is 11.9 Å². The zero-order valence-electron chi connectivity index (χ0n) is 14.8. The first-order valence-electron chi connectivity index (χ1n) is 8.36. The Kier molecular flexibility index (Phi) is 4.86. The van der Waals surface area contributed by atoms with Crippen molar-refractivity contribution >= 4 is 44.1 Å². The van der Waals surface area contributed by atoms with E-state index in [0.717, 1.165) is 11.4 Å². The molecule has 0 aliphatic carbocycles. The van der Waals surface area contributed by atoms with Crippen LogP contribution in [0, 0.1) is 5.82 Å². The van der Waals surface area contributed by atoms with E-state index < -0.39 is 0 Å². The lowest BCUT2D eigenvalue weighted by Gasteiger charge is -2.10. The van der Waals surface area contributed by atoms with Gasteiger partial charge >= 0.3 is 0 Å². The van der Waals surface area contributed by atoms with Crippen LogP contribution in [0.1, 0.15) is 10.4 Å². The van der Waals surface area contributed by atoms with E-state index in [-0.39, 0.29) is 11.7 Å². The van der Waals surface area contributed by atoms with Crippen LogP contribution in [-0.2, 0) is 0 Å². The Morgan fingerprint density at radius 3 is 2.75 bits per heavy atom. The number of fused-ring (bicyclic) bond motifs is 1. The van der Waals surface area contributed by atoms with Gasteiger partial charge in [-0.05, 0) is 54.6 Å². The summed E-state index contributed by atoms with van der Waals surface area (Å²) in [5, 5.41) is 6.28. The van der Waals surface area contributed by atoms with E-state index in [4.69, 9.17) is 4.74 Å². The summed E-state index contributed by atoms with van der Waals surface area (Å²) in [7, 11) is 1.60. The minimum atomic E-state index is -0.358. The van der Waals surface area contributed by atoms with Crippen molar-refractivity contribution in [3.8, 4) is 5.75 Å². The number of hydrogen-bond acceptors (Lipinski definition) is 6. The van der Waals surface area contributed by atoms with E-state index in [9.17, 15) is 9.18 Å². The Hall–Kier alpha value is -3.52. The fourth-order valence-corrected chi connectivity index (χ4v) is 3.50. The molecular formula is C20H15FN4O2S. The number of rotatable bonds is 5. The smallest absolute Gasteiger partial charge is 0.261 e. The molecule has 0 aliphatic heterocycles. The third-order valence-corrected chi connectivity index (χ3v) is 4.91. The first kappa shape index (κ1) is 17.9. The normalized spacial score (nSPS) is 10.6. The summed E-state index contributed by atoms with van der Waals surface area (Å²) in [4.78, 5) is 21.3. The molecule has 2 aromatic carbocycles. The van der Waals surface area contributed by atoms with E-state index in [1.807, 2.05) is 24.3 Å². The number of nitrogens with zero attached hydrogens (tertiary/aromatic N) is 2. The molecule has 0 fully saturated rings. The number of halogens is 1. The van der Waals surface area contributed by atoms with Gasteiger partial charge in [-0.1, -0.05) is 11.3 Å². The lowest BCUT2D eigenvalue weighted by molar-refractivity contribution is 0.102. The van der Waals surface area contributed by atoms with Gasteiger partial charge in [0.15, 0.2) is 5.13 Å². The van der Waals surface area contributed by atoms with E-state index in [0.29, 0.717) is 26.7 Å². The average Bonchev–Trinajstić information content (AvgIpc) is 3.10. The van der Waals surface area contributed by atoms with E-state index in [1.165, 1.54) is 23.5 Å². The number of thiazole rings is 1. The van der Waals surface area contributed by atoms with Crippen LogP contribution in [0.2, 0.25) is 0 Å². The molecule has 8 heteroatoms. The molecular weight excluding hydrogens is 379 g/mol. The SMILES string of the molecule is COc1ccc(Nc2ncccc2C(=O)Nc2nc3ccc(F)cc3s2)cc1. The molecule has 0 spiro atoms. The van der Waals surface area contributed by atoms with Crippen molar-refractivity contribution < 1.29 is 13.9 Å². The van der Waals surface area contributed by atoms with Gasteiger partial charge in [-0.3, -0.25) is 10.1 Å². The highest BCUT2D eigenvalue weighted by molar-refractivity contribution is 7.22. The molecule has 0 unspecified atom stereocenters. The lowest BCUT2D eigenvalue weighted by Crippen LogP contribution is -2.14. The van der Waals surface area contributed by atoms with Gasteiger partial charge in [0.25, 0.3) is 5.91 Å². The summed E-state index contributed by atoms with van der Waals surface area (Å²) in [6.07, 6.45) is 1.60. The highest BCUT2D eigenvalue weighted by atomic mass is 32.1. The van der Waals surface area contributed by atoms with Crippen molar-refractivity contribution in [2.24, 2.45) is 0 Å². The highest BCUT2D eigenvalue weighted by Gasteiger charge is 2.15. The Balaban J connectivity index is 1.56. The van der Waals surface area contributed by atoms with Crippen molar-refractivity contribution in [1.82, 2.24) is 9.97 Å². The number of aromatic nitrogens is 2. The van der Waals surface area contributed by atoms with Gasteiger partial charge in [0.2, 0.25) is 0 Å². The molecule has 1 amide bonds. The molecule has 6 nitrogen and oxygen atoms in total. The van der Waals surface area contributed by atoms with Crippen LogP contribution >= 0.6 is 11.3 Å². The first-order valence-corrected chi connectivity index (χ1v) is 9.17. The fraction of sp³-hybridized carbons (Fsp3) is 0.0500. The largest absolute Gasteiger partial charge is 0.497 e. The maximum absolute atomic E-state index is 13.3. The van der Waals surface area contributed by atoms with Crippen LogP contribution in [0.5, 0.6) is 5.75 Å². The number of ether oxygens (including phenoxy) is 1. The topological polar surface area (TPSA) is 76.1 Å². The quantitative estimate of drug-likeness (QED) is 0.507. The Bertz CT molecular complexity index is 1140. The van der Waals surface area contributed by atoms with Gasteiger partial charge < -0.3 is 10.1 Å². The molecule has 2 N–H and O–H groups in total. The van der Waals surface area contributed by atoms with Crippen molar-refractivity contribution in [2.45, 2.75) is 0 Å². The van der Waals surface area contributed by atoms with Crippen molar-refractivity contribution in [2.75, 3.05) is 17.7 Å². The van der Waals surface area contributed by atoms with Crippen LogP contribution < -0.4 is 15.4 Å². The zero-order valence-corrected chi connectivity index (χ0v) is 15.6. The van der Waals surface area contributed by atoms with Gasteiger partial charge in [-0.2, -0.15) is 0 Å². The van der Waals surface area contributed by atoms with Gasteiger partial charge in [-0.25, -0.2) is 14.4 Å². The summed E-state index contributed by atoms with van der Waals surface area (Å²) in [6, 6.07) is 14.9. The molecule has 0 bridgehead atoms. The van der Waals surface area contributed by atoms with Gasteiger partial charge in [0.05, 0.1) is 22.9 Å². The summed E-state index contributed by atoms with van der Waals surface area (Å²) in [5.41, 5.74) is 1.76. The van der Waals surface area contributed by atoms with Crippen LogP contribution in [0.4, 0.5) is 21.0 Å². The van der Waals surface area contributed by atoms with E-state index in [1.54, 1.807) is 31.5 Å². The molecule has 0 saturated heterocycles. The second-order valence-corrected chi connectivity index (χ2v) is 6.87. The first-order chi connectivity index (χ1) is 13.6. The molecule has 0 atom stereocenters. The second-order valence-electron chi connectivity index (χ2n) is 5.84. The summed E-state index contributed by atoms with van der Waals surface area (Å²) in [6.45, 7) is 0. The molecule has 4 rings (SSSR count). The van der Waals surface area contributed by atoms with E-state index >= 15 is 0 Å². The van der Waals surface area contributed by atoms with Crippen LogP contribution in [0.25, 0.3) is 10.2 Å².